The van der Waals surface area contributed by atoms with Crippen molar-refractivity contribution in [2.45, 2.75) is 24.9 Å². The van der Waals surface area contributed by atoms with Gasteiger partial charge in [0.2, 0.25) is 0 Å². The molecule has 3 rings (SSSR count). The van der Waals surface area contributed by atoms with Gasteiger partial charge in [0, 0.05) is 25.9 Å². The lowest BCUT2D eigenvalue weighted by Gasteiger charge is -2.43. The van der Waals surface area contributed by atoms with Crippen LogP contribution >= 0.6 is 0 Å². The van der Waals surface area contributed by atoms with Crippen LogP contribution in [0.25, 0.3) is 0 Å². The topological polar surface area (TPSA) is 65.1 Å². The molecule has 0 N–H and O–H groups in total. The van der Waals surface area contributed by atoms with Crippen molar-refractivity contribution in [1.29, 1.82) is 0 Å². The van der Waals surface area contributed by atoms with Crippen molar-refractivity contribution in [2.24, 2.45) is 0 Å². The van der Waals surface area contributed by atoms with Gasteiger partial charge < -0.3 is 19.1 Å². The number of likely N-dealkylation sites (tertiary alicyclic amines) is 1. The fraction of sp³-hybridized carbons (Fsp3) is 0.444. The summed E-state index contributed by atoms with van der Waals surface area (Å²) in [4.78, 5) is 26.1. The molecule has 0 unspecified atom stereocenters. The van der Waals surface area contributed by atoms with Gasteiger partial charge in [-0.2, -0.15) is 0 Å². The van der Waals surface area contributed by atoms with Crippen molar-refractivity contribution >= 4 is 11.9 Å². The van der Waals surface area contributed by atoms with E-state index in [4.69, 9.17) is 14.2 Å². The highest BCUT2D eigenvalue weighted by Gasteiger charge is 2.44. The van der Waals surface area contributed by atoms with Crippen molar-refractivity contribution in [1.82, 2.24) is 4.90 Å². The van der Waals surface area contributed by atoms with Gasteiger partial charge in [0.15, 0.2) is 5.78 Å². The van der Waals surface area contributed by atoms with Crippen LogP contribution in [0.15, 0.2) is 30.9 Å². The number of methoxy groups -OCH3 is 1. The van der Waals surface area contributed by atoms with Crippen LogP contribution in [0, 0.1) is 0 Å². The number of fused-ring (bicyclic) bond motifs is 1. The van der Waals surface area contributed by atoms with Crippen molar-refractivity contribution in [3.05, 3.63) is 36.4 Å². The molecule has 0 saturated carbocycles. The number of ether oxygens (including phenoxy) is 3. The molecule has 1 saturated heterocycles. The monoisotopic (exact) mass is 331 g/mol. The molecule has 6 nitrogen and oxygen atoms in total. The minimum absolute atomic E-state index is 0.0535. The number of hydrogen-bond acceptors (Lipinski definition) is 5. The van der Waals surface area contributed by atoms with E-state index in [9.17, 15) is 9.59 Å². The molecular formula is C18H21NO5. The standard InChI is InChI=1S/C18H21NO5/c1-3-10-23-17(21)19-8-6-18(7-9-19)12-15(20)14-11-13(22-2)4-5-16(14)24-18/h3-5,11H,1,6-10,12H2,2H3. The van der Waals surface area contributed by atoms with E-state index in [0.717, 1.165) is 0 Å². The number of amides is 1. The minimum Gasteiger partial charge on any atom is -0.497 e. The van der Waals surface area contributed by atoms with Crippen molar-refractivity contribution < 1.29 is 23.8 Å². The Balaban J connectivity index is 1.69. The predicted octanol–water partition coefficient (Wildman–Crippen LogP) is 2.82. The Morgan fingerprint density at radius 2 is 2.17 bits per heavy atom. The summed E-state index contributed by atoms with van der Waals surface area (Å²) in [6.45, 7) is 4.74. The summed E-state index contributed by atoms with van der Waals surface area (Å²) in [6, 6.07) is 5.27. The quantitative estimate of drug-likeness (QED) is 0.797. The van der Waals surface area contributed by atoms with Gasteiger partial charge >= 0.3 is 6.09 Å². The van der Waals surface area contributed by atoms with Crippen molar-refractivity contribution in [2.75, 3.05) is 26.8 Å². The number of nitrogens with zero attached hydrogens (tertiary/aromatic N) is 1. The molecule has 0 aliphatic carbocycles. The highest BCUT2D eigenvalue weighted by Crippen LogP contribution is 2.40. The fourth-order valence-corrected chi connectivity index (χ4v) is 3.20. The molecule has 128 valence electrons. The Hall–Kier alpha value is -2.50. The van der Waals surface area contributed by atoms with Gasteiger partial charge in [0.1, 0.15) is 23.7 Å². The van der Waals surface area contributed by atoms with E-state index in [1.54, 1.807) is 30.2 Å². The SMILES string of the molecule is C=CCOC(=O)N1CCC2(CC1)CC(=O)c1cc(OC)ccc1O2. The van der Waals surface area contributed by atoms with E-state index < -0.39 is 5.60 Å². The number of rotatable bonds is 3. The molecule has 1 amide bonds. The highest BCUT2D eigenvalue weighted by atomic mass is 16.6. The maximum Gasteiger partial charge on any atom is 0.410 e. The third kappa shape index (κ3) is 3.09. The van der Waals surface area contributed by atoms with Crippen LogP contribution in [-0.2, 0) is 4.74 Å². The lowest BCUT2D eigenvalue weighted by atomic mass is 9.82. The zero-order chi connectivity index (χ0) is 17.2. The van der Waals surface area contributed by atoms with E-state index in [1.165, 1.54) is 6.08 Å². The highest BCUT2D eigenvalue weighted by molar-refractivity contribution is 6.00. The third-order valence-electron chi connectivity index (χ3n) is 4.55. The van der Waals surface area contributed by atoms with Gasteiger partial charge in [-0.15, -0.1) is 0 Å². The molecule has 2 heterocycles. The number of carbonyl (C=O) groups excluding carboxylic acids is 2. The summed E-state index contributed by atoms with van der Waals surface area (Å²) in [5.74, 6) is 1.29. The van der Waals surface area contributed by atoms with Gasteiger partial charge in [0.25, 0.3) is 0 Å². The van der Waals surface area contributed by atoms with Crippen molar-refractivity contribution in [3.63, 3.8) is 0 Å². The molecule has 0 aromatic heterocycles. The summed E-state index contributed by atoms with van der Waals surface area (Å²) in [6.07, 6.45) is 2.72. The molecule has 1 aromatic carbocycles. The van der Waals surface area contributed by atoms with Gasteiger partial charge in [-0.25, -0.2) is 4.79 Å². The van der Waals surface area contributed by atoms with E-state index in [2.05, 4.69) is 6.58 Å². The lowest BCUT2D eigenvalue weighted by molar-refractivity contribution is -0.00817. The minimum atomic E-state index is -0.534. The number of piperidine rings is 1. The van der Waals surface area contributed by atoms with Crippen LogP contribution in [-0.4, -0.2) is 49.2 Å². The smallest absolute Gasteiger partial charge is 0.410 e. The Kier molecular flexibility index (Phi) is 4.46. The maximum absolute atomic E-state index is 12.5. The number of carbonyl (C=O) groups is 2. The summed E-state index contributed by atoms with van der Waals surface area (Å²) < 4.78 is 16.4. The first-order valence-corrected chi connectivity index (χ1v) is 8.00. The van der Waals surface area contributed by atoms with Crippen LogP contribution < -0.4 is 9.47 Å². The Labute approximate surface area is 141 Å². The fourth-order valence-electron chi connectivity index (χ4n) is 3.20. The average molecular weight is 331 g/mol. The number of Topliss-reactive ketones (excluding diaryl/α,β-unsaturated/α-hetero) is 1. The van der Waals surface area contributed by atoms with E-state index in [1.807, 2.05) is 0 Å². The molecule has 0 bridgehead atoms. The first-order chi connectivity index (χ1) is 11.6. The van der Waals surface area contributed by atoms with Gasteiger partial charge in [-0.05, 0) is 18.2 Å². The molecule has 1 aromatic rings. The molecule has 6 heteroatoms. The van der Waals surface area contributed by atoms with E-state index >= 15 is 0 Å². The zero-order valence-corrected chi connectivity index (χ0v) is 13.7. The zero-order valence-electron chi connectivity index (χ0n) is 13.7. The third-order valence-corrected chi connectivity index (χ3v) is 4.55. The summed E-state index contributed by atoms with van der Waals surface area (Å²) in [5.41, 5.74) is 0.0289. The van der Waals surface area contributed by atoms with Crippen LogP contribution in [0.2, 0.25) is 0 Å². The number of ketones is 1. The largest absolute Gasteiger partial charge is 0.497 e. The van der Waals surface area contributed by atoms with Gasteiger partial charge in [-0.3, -0.25) is 4.79 Å². The van der Waals surface area contributed by atoms with Gasteiger partial charge in [-0.1, -0.05) is 12.7 Å². The average Bonchev–Trinajstić information content (AvgIpc) is 2.60. The molecule has 2 aliphatic rings. The van der Waals surface area contributed by atoms with Crippen LogP contribution in [0.4, 0.5) is 4.79 Å². The first-order valence-electron chi connectivity index (χ1n) is 8.00. The second-order valence-electron chi connectivity index (χ2n) is 6.10. The molecule has 0 radical (unpaired) electrons. The van der Waals surface area contributed by atoms with E-state index in [0.29, 0.717) is 49.4 Å². The van der Waals surface area contributed by atoms with E-state index in [-0.39, 0.29) is 18.5 Å². The predicted molar refractivity (Wildman–Crippen MR) is 87.7 cm³/mol. The van der Waals surface area contributed by atoms with Crippen molar-refractivity contribution in [3.8, 4) is 11.5 Å². The Morgan fingerprint density at radius 1 is 1.42 bits per heavy atom. The maximum atomic E-state index is 12.5. The molecule has 1 spiro atoms. The number of hydrogen-bond donors (Lipinski definition) is 0. The van der Waals surface area contributed by atoms with Crippen LogP contribution in [0.3, 0.4) is 0 Å². The Morgan fingerprint density at radius 3 is 2.83 bits per heavy atom. The normalized spacial score (nSPS) is 18.5. The van der Waals surface area contributed by atoms with Crippen LogP contribution in [0.1, 0.15) is 29.6 Å². The molecule has 24 heavy (non-hydrogen) atoms. The summed E-state index contributed by atoms with van der Waals surface area (Å²) in [5, 5.41) is 0. The van der Waals surface area contributed by atoms with Gasteiger partial charge in [0.05, 0.1) is 19.1 Å². The number of benzene rings is 1. The molecule has 1 fully saturated rings. The summed E-state index contributed by atoms with van der Waals surface area (Å²) in [7, 11) is 1.57. The second kappa shape index (κ2) is 6.55. The second-order valence-corrected chi connectivity index (χ2v) is 6.10. The first kappa shape index (κ1) is 16.4. The Bertz CT molecular complexity index is 661. The molecular weight excluding hydrogens is 310 g/mol. The molecule has 0 atom stereocenters. The summed E-state index contributed by atoms with van der Waals surface area (Å²) >= 11 is 0. The van der Waals surface area contributed by atoms with Crippen LogP contribution in [0.5, 0.6) is 11.5 Å². The molecule has 2 aliphatic heterocycles. The lowest BCUT2D eigenvalue weighted by Crippen LogP contribution is -2.52.